The average molecular weight is 734 g/mol. The van der Waals surface area contributed by atoms with Gasteiger partial charge in [-0.1, -0.05) is 158 Å². The summed E-state index contributed by atoms with van der Waals surface area (Å²) in [6.45, 7) is 0. The van der Waals surface area contributed by atoms with Crippen molar-refractivity contribution in [2.24, 2.45) is 0 Å². The Morgan fingerprint density at radius 3 is 1.57 bits per heavy atom. The molecule has 4 nitrogen and oxygen atoms in total. The number of para-hydroxylation sites is 1. The van der Waals surface area contributed by atoms with Crippen LogP contribution in [0.25, 0.3) is 110 Å². The second kappa shape index (κ2) is 13.3. The number of aromatic nitrogens is 3. The molecule has 0 unspecified atom stereocenters. The number of hydrogen-bond donors (Lipinski definition) is 0. The summed E-state index contributed by atoms with van der Waals surface area (Å²) in [4.78, 5) is 15.5. The summed E-state index contributed by atoms with van der Waals surface area (Å²) in [6.07, 6.45) is 0. The monoisotopic (exact) mass is 733 g/mol. The zero-order valence-corrected chi connectivity index (χ0v) is 30.9. The van der Waals surface area contributed by atoms with Crippen LogP contribution in [0.3, 0.4) is 0 Å². The summed E-state index contributed by atoms with van der Waals surface area (Å²) in [5.41, 5.74) is 11.5. The van der Waals surface area contributed by atoms with Gasteiger partial charge in [0.25, 0.3) is 0 Å². The lowest BCUT2D eigenvalue weighted by Gasteiger charge is -2.10. The largest absolute Gasteiger partial charge is 0.456 e. The van der Waals surface area contributed by atoms with E-state index < -0.39 is 0 Å². The molecule has 0 radical (unpaired) electrons. The Balaban J connectivity index is 1.14. The first kappa shape index (κ1) is 32.2. The molecule has 0 aliphatic rings. The lowest BCUT2D eigenvalue weighted by molar-refractivity contribution is 0.669. The summed E-state index contributed by atoms with van der Waals surface area (Å²) in [5, 5.41) is 4.60. The van der Waals surface area contributed by atoms with E-state index in [1.54, 1.807) is 11.3 Å². The van der Waals surface area contributed by atoms with Gasteiger partial charge in [0.1, 0.15) is 11.2 Å². The van der Waals surface area contributed by atoms with E-state index in [2.05, 4.69) is 158 Å². The van der Waals surface area contributed by atoms with Crippen LogP contribution in [0.1, 0.15) is 0 Å². The van der Waals surface area contributed by atoms with Crippen molar-refractivity contribution < 1.29 is 4.42 Å². The molecule has 262 valence electrons. The maximum absolute atomic E-state index is 6.53. The van der Waals surface area contributed by atoms with Crippen LogP contribution in [0.2, 0.25) is 0 Å². The molecule has 0 amide bonds. The van der Waals surface area contributed by atoms with Crippen LogP contribution in [0.4, 0.5) is 0 Å². The van der Waals surface area contributed by atoms with Gasteiger partial charge < -0.3 is 4.42 Å². The number of hydrogen-bond acceptors (Lipinski definition) is 5. The van der Waals surface area contributed by atoms with Gasteiger partial charge in [0.05, 0.1) is 0 Å². The number of furan rings is 1. The predicted octanol–water partition coefficient (Wildman–Crippen LogP) is 14.1. The molecule has 3 heterocycles. The van der Waals surface area contributed by atoms with Gasteiger partial charge >= 0.3 is 0 Å². The van der Waals surface area contributed by atoms with Crippen LogP contribution in [-0.4, -0.2) is 15.0 Å². The summed E-state index contributed by atoms with van der Waals surface area (Å²) in [5.74, 6) is 1.92. The Morgan fingerprint density at radius 2 is 0.839 bits per heavy atom. The molecule has 5 heteroatoms. The number of benzene rings is 8. The van der Waals surface area contributed by atoms with Crippen molar-refractivity contribution >= 4 is 53.4 Å². The molecule has 0 aliphatic heterocycles. The van der Waals surface area contributed by atoms with E-state index in [4.69, 9.17) is 19.4 Å². The number of fused-ring (bicyclic) bond motifs is 6. The van der Waals surface area contributed by atoms with E-state index in [0.717, 1.165) is 71.1 Å². The van der Waals surface area contributed by atoms with Crippen LogP contribution < -0.4 is 0 Å². The second-order valence-electron chi connectivity index (χ2n) is 13.9. The standard InChI is InChI=1S/C51H31N3OS/c1-4-15-32(16-5-1)35-21-12-22-36(29-35)50-52-49(34-19-8-3-9-20-34)53-51(54-50)42-27-14-25-39-38-24-13-26-40(47(38)56-48(39)42)43-30-37(33-17-6-2-7-18-33)31-45-46(43)41-23-10-11-28-44(41)55-45/h1-31H. The molecule has 56 heavy (non-hydrogen) atoms. The molecule has 11 aromatic rings. The third-order valence-corrected chi connectivity index (χ3v) is 11.8. The molecule has 0 saturated heterocycles. The van der Waals surface area contributed by atoms with E-state index >= 15 is 0 Å². The summed E-state index contributed by atoms with van der Waals surface area (Å²) >= 11 is 1.79. The first-order valence-electron chi connectivity index (χ1n) is 18.7. The topological polar surface area (TPSA) is 51.8 Å². The van der Waals surface area contributed by atoms with Crippen molar-refractivity contribution in [2.75, 3.05) is 0 Å². The van der Waals surface area contributed by atoms with Crippen LogP contribution >= 0.6 is 11.3 Å². The number of rotatable bonds is 6. The van der Waals surface area contributed by atoms with Gasteiger partial charge in [-0.3, -0.25) is 0 Å². The maximum Gasteiger partial charge on any atom is 0.165 e. The van der Waals surface area contributed by atoms with Crippen LogP contribution in [-0.2, 0) is 0 Å². The molecule has 11 rings (SSSR count). The van der Waals surface area contributed by atoms with Gasteiger partial charge in [-0.2, -0.15) is 0 Å². The van der Waals surface area contributed by atoms with Gasteiger partial charge in [0, 0.05) is 53.2 Å². The molecule has 0 spiro atoms. The van der Waals surface area contributed by atoms with Crippen molar-refractivity contribution in [2.45, 2.75) is 0 Å². The molecule has 0 N–H and O–H groups in total. The Hall–Kier alpha value is -7.21. The zero-order chi connectivity index (χ0) is 37.0. The SMILES string of the molecule is c1ccc(-c2cccc(-c3nc(-c4ccccc4)nc(-c4cccc5c4sc4c(-c6cc(-c7ccccc7)cc7oc8ccccc8c67)cccc45)n3)c2)cc1. The fraction of sp³-hybridized carbons (Fsp3) is 0. The third kappa shape index (κ3) is 5.48. The highest BCUT2D eigenvalue weighted by molar-refractivity contribution is 7.26. The van der Waals surface area contributed by atoms with Gasteiger partial charge in [0.2, 0.25) is 0 Å². The van der Waals surface area contributed by atoms with E-state index in [9.17, 15) is 0 Å². The molecule has 0 aliphatic carbocycles. The fourth-order valence-electron chi connectivity index (χ4n) is 7.88. The third-order valence-electron chi connectivity index (χ3n) is 10.5. The highest BCUT2D eigenvalue weighted by Gasteiger charge is 2.21. The molecule has 8 aromatic carbocycles. The minimum atomic E-state index is 0.636. The Morgan fingerprint density at radius 1 is 0.321 bits per heavy atom. The van der Waals surface area contributed by atoms with Crippen LogP contribution in [0.15, 0.2) is 192 Å². The molecule has 0 fully saturated rings. The molecular formula is C51H31N3OS. The summed E-state index contributed by atoms with van der Waals surface area (Å²) < 4.78 is 8.88. The minimum absolute atomic E-state index is 0.636. The van der Waals surface area contributed by atoms with Gasteiger partial charge in [-0.25, -0.2) is 15.0 Å². The number of nitrogens with zero attached hydrogens (tertiary/aromatic N) is 3. The predicted molar refractivity (Wildman–Crippen MR) is 233 cm³/mol. The first-order chi connectivity index (χ1) is 27.7. The normalized spacial score (nSPS) is 11.6. The van der Waals surface area contributed by atoms with Gasteiger partial charge in [-0.05, 0) is 58.1 Å². The van der Waals surface area contributed by atoms with E-state index in [-0.39, 0.29) is 0 Å². The first-order valence-corrected chi connectivity index (χ1v) is 19.5. The fourth-order valence-corrected chi connectivity index (χ4v) is 9.22. The average Bonchev–Trinajstić information content (AvgIpc) is 3.86. The number of thiophene rings is 1. The molecule has 0 bridgehead atoms. The molecule has 3 aromatic heterocycles. The highest BCUT2D eigenvalue weighted by Crippen LogP contribution is 2.47. The van der Waals surface area contributed by atoms with Gasteiger partial charge in [-0.15, -0.1) is 11.3 Å². The van der Waals surface area contributed by atoms with Crippen LogP contribution in [0.5, 0.6) is 0 Å². The Labute approximate surface area is 327 Å². The molecule has 0 atom stereocenters. The summed E-state index contributed by atoms with van der Waals surface area (Å²) in [6, 6.07) is 65.6. The van der Waals surface area contributed by atoms with Crippen molar-refractivity contribution in [3.05, 3.63) is 188 Å². The van der Waals surface area contributed by atoms with E-state index in [0.29, 0.717) is 17.5 Å². The van der Waals surface area contributed by atoms with Crippen molar-refractivity contribution in [3.8, 4) is 67.5 Å². The second-order valence-corrected chi connectivity index (χ2v) is 15.0. The lowest BCUT2D eigenvalue weighted by atomic mass is 9.93. The Bertz CT molecular complexity index is 3240. The molecular weight excluding hydrogens is 703 g/mol. The minimum Gasteiger partial charge on any atom is -0.456 e. The summed E-state index contributed by atoms with van der Waals surface area (Å²) in [7, 11) is 0. The van der Waals surface area contributed by atoms with Crippen LogP contribution in [0, 0.1) is 0 Å². The van der Waals surface area contributed by atoms with E-state index in [1.807, 2.05) is 30.3 Å². The maximum atomic E-state index is 6.53. The highest BCUT2D eigenvalue weighted by atomic mass is 32.1. The lowest BCUT2D eigenvalue weighted by Crippen LogP contribution is -2.00. The molecule has 0 saturated carbocycles. The zero-order valence-electron chi connectivity index (χ0n) is 30.1. The van der Waals surface area contributed by atoms with Crippen molar-refractivity contribution in [1.29, 1.82) is 0 Å². The van der Waals surface area contributed by atoms with Crippen molar-refractivity contribution in [3.63, 3.8) is 0 Å². The van der Waals surface area contributed by atoms with Crippen molar-refractivity contribution in [1.82, 2.24) is 15.0 Å². The Kier molecular flexibility index (Phi) is 7.64. The van der Waals surface area contributed by atoms with E-state index in [1.165, 1.54) is 21.0 Å². The quantitative estimate of drug-likeness (QED) is 0.171. The van der Waals surface area contributed by atoms with Gasteiger partial charge in [0.15, 0.2) is 17.5 Å². The smallest absolute Gasteiger partial charge is 0.165 e.